The smallest absolute Gasteiger partial charge is 0.387 e. The third-order valence-electron chi connectivity index (χ3n) is 3.71. The van der Waals surface area contributed by atoms with Gasteiger partial charge in [-0.3, -0.25) is 4.79 Å². The number of nitrogens with one attached hydrogen (secondary N) is 2. The zero-order valence-electron chi connectivity index (χ0n) is 13.8. The number of anilines is 1. The Bertz CT molecular complexity index is 730. The minimum Gasteiger partial charge on any atom is -0.435 e. The molecule has 2 aromatic rings. The van der Waals surface area contributed by atoms with Crippen LogP contribution in [-0.4, -0.2) is 42.8 Å². The van der Waals surface area contributed by atoms with E-state index in [1.807, 2.05) is 6.92 Å². The van der Waals surface area contributed by atoms with Crippen molar-refractivity contribution in [2.75, 3.05) is 18.5 Å². The Labute approximate surface area is 159 Å². The van der Waals surface area contributed by atoms with Crippen molar-refractivity contribution in [2.24, 2.45) is 0 Å². The van der Waals surface area contributed by atoms with Crippen molar-refractivity contribution >= 4 is 34.8 Å². The maximum absolute atomic E-state index is 12.3. The maximum atomic E-state index is 12.3. The summed E-state index contributed by atoms with van der Waals surface area (Å²) in [5.41, 5.74) is 1.38. The molecule has 2 heterocycles. The minimum atomic E-state index is -2.85. The molecule has 0 spiro atoms. The van der Waals surface area contributed by atoms with Gasteiger partial charge in [0.1, 0.15) is 11.8 Å². The number of benzene rings is 1. The molecule has 6 nitrogen and oxygen atoms in total. The third kappa shape index (κ3) is 5.10. The van der Waals surface area contributed by atoms with Crippen LogP contribution in [-0.2, 0) is 9.53 Å². The first-order valence-corrected chi connectivity index (χ1v) is 8.57. The number of halogens is 3. The lowest BCUT2D eigenvalue weighted by Gasteiger charge is -2.28. The van der Waals surface area contributed by atoms with Crippen LogP contribution in [0.5, 0.6) is 5.75 Å². The van der Waals surface area contributed by atoms with Gasteiger partial charge in [-0.1, -0.05) is 0 Å². The Balaban J connectivity index is 0.00000243. The van der Waals surface area contributed by atoms with Crippen molar-refractivity contribution in [3.63, 3.8) is 0 Å². The first kappa shape index (κ1) is 20.5. The fraction of sp³-hybridized carbons (Fsp3) is 0.375. The SMILES string of the molecule is C[C@H]1OCCN[C@@H]1C(=O)Nc1nc(-c2ccc(OC(F)F)cc2)cs1.Cl. The minimum absolute atomic E-state index is 0. The highest BCUT2D eigenvalue weighted by Gasteiger charge is 2.28. The van der Waals surface area contributed by atoms with Crippen molar-refractivity contribution in [1.82, 2.24) is 10.3 Å². The topological polar surface area (TPSA) is 72.5 Å². The van der Waals surface area contributed by atoms with Crippen LogP contribution < -0.4 is 15.4 Å². The molecular formula is C16H18ClF2N3O3S. The van der Waals surface area contributed by atoms with Crippen molar-refractivity contribution in [3.8, 4) is 17.0 Å². The third-order valence-corrected chi connectivity index (χ3v) is 4.47. The first-order valence-electron chi connectivity index (χ1n) is 7.69. The largest absolute Gasteiger partial charge is 0.435 e. The second kappa shape index (κ2) is 9.22. The second-order valence-electron chi connectivity index (χ2n) is 5.44. The number of carbonyl (C=O) groups excluding carboxylic acids is 1. The van der Waals surface area contributed by atoms with E-state index in [2.05, 4.69) is 20.4 Å². The van der Waals surface area contributed by atoms with E-state index in [-0.39, 0.29) is 30.2 Å². The quantitative estimate of drug-likeness (QED) is 0.799. The monoisotopic (exact) mass is 405 g/mol. The van der Waals surface area contributed by atoms with Crippen LogP contribution in [0.15, 0.2) is 29.6 Å². The molecule has 2 atom stereocenters. The van der Waals surface area contributed by atoms with Gasteiger partial charge in [0, 0.05) is 17.5 Å². The van der Waals surface area contributed by atoms with Crippen LogP contribution in [0.4, 0.5) is 13.9 Å². The standard InChI is InChI=1S/C16H17F2N3O3S.ClH/c1-9-13(19-6-7-23-9)14(22)21-16-20-12(8-25-16)10-2-4-11(5-3-10)24-15(17)18;/h2-5,8-9,13,15,19H,6-7H2,1H3,(H,20,21,22);1H/t9-,13+;/m1./s1. The summed E-state index contributed by atoms with van der Waals surface area (Å²) in [6.07, 6.45) is -0.212. The van der Waals surface area contributed by atoms with Crippen molar-refractivity contribution in [1.29, 1.82) is 0 Å². The Morgan fingerprint density at radius 3 is 2.81 bits per heavy atom. The molecule has 1 fully saturated rings. The molecule has 1 aromatic heterocycles. The average molecular weight is 406 g/mol. The fourth-order valence-corrected chi connectivity index (χ4v) is 3.20. The number of amides is 1. The van der Waals surface area contributed by atoms with E-state index in [9.17, 15) is 13.6 Å². The Kier molecular flexibility index (Phi) is 7.27. The van der Waals surface area contributed by atoms with Crippen LogP contribution >= 0.6 is 23.7 Å². The Hall–Kier alpha value is -1.81. The summed E-state index contributed by atoms with van der Waals surface area (Å²) in [6, 6.07) is 5.74. The molecule has 0 unspecified atom stereocenters. The van der Waals surface area contributed by atoms with Crippen molar-refractivity contribution < 1.29 is 23.0 Å². The normalized spacial score (nSPS) is 19.7. The van der Waals surface area contributed by atoms with Gasteiger partial charge in [0.2, 0.25) is 5.91 Å². The number of nitrogens with zero attached hydrogens (tertiary/aromatic N) is 1. The molecule has 1 amide bonds. The molecule has 0 bridgehead atoms. The molecule has 1 aromatic carbocycles. The molecule has 1 saturated heterocycles. The molecule has 0 saturated carbocycles. The zero-order chi connectivity index (χ0) is 17.8. The number of aromatic nitrogens is 1. The second-order valence-corrected chi connectivity index (χ2v) is 6.30. The molecule has 2 N–H and O–H groups in total. The molecule has 0 aliphatic carbocycles. The molecule has 1 aliphatic rings. The van der Waals surface area contributed by atoms with E-state index in [0.29, 0.717) is 24.0 Å². The van der Waals surface area contributed by atoms with Gasteiger partial charge in [0.15, 0.2) is 5.13 Å². The van der Waals surface area contributed by atoms with Gasteiger partial charge in [-0.05, 0) is 31.2 Å². The summed E-state index contributed by atoms with van der Waals surface area (Å²) in [5, 5.41) is 8.14. The molecule has 3 rings (SSSR count). The first-order chi connectivity index (χ1) is 12.0. The molecule has 1 aliphatic heterocycles. The van der Waals surface area contributed by atoms with Crippen LogP contribution in [0.2, 0.25) is 0 Å². The number of ether oxygens (including phenoxy) is 2. The van der Waals surface area contributed by atoms with E-state index in [1.165, 1.54) is 23.5 Å². The molecule has 0 radical (unpaired) electrons. The van der Waals surface area contributed by atoms with Crippen LogP contribution in [0.1, 0.15) is 6.92 Å². The van der Waals surface area contributed by atoms with Crippen LogP contribution in [0.25, 0.3) is 11.3 Å². The Morgan fingerprint density at radius 2 is 2.15 bits per heavy atom. The van der Waals surface area contributed by atoms with E-state index in [4.69, 9.17) is 4.74 Å². The summed E-state index contributed by atoms with van der Waals surface area (Å²) in [4.78, 5) is 16.7. The van der Waals surface area contributed by atoms with Gasteiger partial charge in [-0.2, -0.15) is 8.78 Å². The van der Waals surface area contributed by atoms with E-state index >= 15 is 0 Å². The number of thiazole rings is 1. The lowest BCUT2D eigenvalue weighted by molar-refractivity contribution is -0.123. The summed E-state index contributed by atoms with van der Waals surface area (Å²) >= 11 is 1.29. The zero-order valence-corrected chi connectivity index (χ0v) is 15.4. The van der Waals surface area contributed by atoms with E-state index in [1.54, 1.807) is 17.5 Å². The maximum Gasteiger partial charge on any atom is 0.387 e. The van der Waals surface area contributed by atoms with Gasteiger partial charge in [-0.25, -0.2) is 4.98 Å². The summed E-state index contributed by atoms with van der Waals surface area (Å²) in [7, 11) is 0. The van der Waals surface area contributed by atoms with Gasteiger partial charge >= 0.3 is 6.61 Å². The highest BCUT2D eigenvalue weighted by molar-refractivity contribution is 7.14. The number of hydrogen-bond acceptors (Lipinski definition) is 6. The van der Waals surface area contributed by atoms with Crippen LogP contribution in [0.3, 0.4) is 0 Å². The predicted molar refractivity (Wildman–Crippen MR) is 97.3 cm³/mol. The summed E-state index contributed by atoms with van der Waals surface area (Å²) in [5.74, 6) is -0.117. The van der Waals surface area contributed by atoms with Gasteiger partial charge in [0.05, 0.1) is 18.4 Å². The van der Waals surface area contributed by atoms with Gasteiger partial charge in [0.25, 0.3) is 0 Å². The van der Waals surface area contributed by atoms with Gasteiger partial charge < -0.3 is 20.1 Å². The van der Waals surface area contributed by atoms with Crippen molar-refractivity contribution in [2.45, 2.75) is 25.7 Å². The van der Waals surface area contributed by atoms with Crippen LogP contribution in [0, 0.1) is 0 Å². The molecular weight excluding hydrogens is 388 g/mol. The number of rotatable bonds is 5. The average Bonchev–Trinajstić information content (AvgIpc) is 3.04. The Morgan fingerprint density at radius 1 is 1.42 bits per heavy atom. The number of morpholine rings is 1. The van der Waals surface area contributed by atoms with E-state index < -0.39 is 12.7 Å². The summed E-state index contributed by atoms with van der Waals surface area (Å²) < 4.78 is 34.1. The lowest BCUT2D eigenvalue weighted by atomic mass is 10.1. The molecule has 142 valence electrons. The fourth-order valence-electron chi connectivity index (χ4n) is 2.48. The molecule has 10 heteroatoms. The van der Waals surface area contributed by atoms with Gasteiger partial charge in [-0.15, -0.1) is 23.7 Å². The highest BCUT2D eigenvalue weighted by atomic mass is 35.5. The van der Waals surface area contributed by atoms with Crippen molar-refractivity contribution in [3.05, 3.63) is 29.6 Å². The van der Waals surface area contributed by atoms with E-state index in [0.717, 1.165) is 5.56 Å². The number of carbonyl (C=O) groups is 1. The highest BCUT2D eigenvalue weighted by Crippen LogP contribution is 2.27. The lowest BCUT2D eigenvalue weighted by Crippen LogP contribution is -2.53. The number of alkyl halides is 2. The molecule has 26 heavy (non-hydrogen) atoms. The summed E-state index contributed by atoms with van der Waals surface area (Å²) in [6.45, 7) is 0.190. The predicted octanol–water partition coefficient (Wildman–Crippen LogP) is 3.15. The number of hydrogen-bond donors (Lipinski definition) is 2.